The average Bonchev–Trinajstić information content (AvgIpc) is 2.59. The molecule has 2 rings (SSSR count). The largest absolute Gasteiger partial charge is 0.478 e. The van der Waals surface area contributed by atoms with Crippen LogP contribution < -0.4 is 0 Å². The van der Waals surface area contributed by atoms with Crippen LogP contribution in [-0.2, 0) is 4.79 Å². The number of aliphatic carboxylic acids is 1. The van der Waals surface area contributed by atoms with E-state index in [1.54, 1.807) is 12.2 Å². The molecule has 1 aliphatic carbocycles. The highest BCUT2D eigenvalue weighted by molar-refractivity contribution is 5.96. The molecule has 14 heavy (non-hydrogen) atoms. The van der Waals surface area contributed by atoms with Gasteiger partial charge in [-0.05, 0) is 6.08 Å². The van der Waals surface area contributed by atoms with Crippen molar-refractivity contribution in [3.05, 3.63) is 34.9 Å². The maximum absolute atomic E-state index is 10.8. The Balaban J connectivity index is 2.49. The molecular weight excluding hydrogens is 180 g/mol. The van der Waals surface area contributed by atoms with Crippen LogP contribution in [-0.4, -0.2) is 23.3 Å². The van der Waals surface area contributed by atoms with Gasteiger partial charge in [-0.15, -0.1) is 0 Å². The fraction of sp³-hybridized carbons (Fsp3) is 0.100. The molecule has 0 spiro atoms. The molecule has 1 aliphatic heterocycles. The zero-order chi connectivity index (χ0) is 10.1. The van der Waals surface area contributed by atoms with E-state index in [9.17, 15) is 4.79 Å². The molecule has 1 N–H and O–H groups in total. The van der Waals surface area contributed by atoms with Crippen molar-refractivity contribution in [1.82, 2.24) is 0 Å². The second-order valence-corrected chi connectivity index (χ2v) is 2.95. The van der Waals surface area contributed by atoms with Crippen LogP contribution in [0.4, 0.5) is 0 Å². The van der Waals surface area contributed by atoms with Crippen molar-refractivity contribution in [2.75, 3.05) is 0 Å². The summed E-state index contributed by atoms with van der Waals surface area (Å²) < 4.78 is 0. The Morgan fingerprint density at radius 3 is 3.07 bits per heavy atom. The molecule has 0 amide bonds. The maximum Gasteiger partial charge on any atom is 0.334 e. The molecule has 4 nitrogen and oxygen atoms in total. The smallest absolute Gasteiger partial charge is 0.334 e. The van der Waals surface area contributed by atoms with Crippen LogP contribution >= 0.6 is 0 Å². The van der Waals surface area contributed by atoms with Crippen LogP contribution in [0, 0.1) is 11.3 Å². The van der Waals surface area contributed by atoms with Crippen molar-refractivity contribution in [3.63, 3.8) is 0 Å². The summed E-state index contributed by atoms with van der Waals surface area (Å²) in [6, 6.07) is 1.49. The van der Waals surface area contributed by atoms with Crippen molar-refractivity contribution in [2.45, 2.75) is 6.04 Å². The number of hydrogen-bond acceptors (Lipinski definition) is 3. The number of allylic oxidation sites excluding steroid dienone is 3. The summed E-state index contributed by atoms with van der Waals surface area (Å²) in [4.78, 5) is 14.8. The highest BCUT2D eigenvalue weighted by atomic mass is 16.4. The van der Waals surface area contributed by atoms with Gasteiger partial charge in [-0.1, -0.05) is 12.2 Å². The van der Waals surface area contributed by atoms with E-state index >= 15 is 0 Å². The lowest BCUT2D eigenvalue weighted by Crippen LogP contribution is -2.18. The van der Waals surface area contributed by atoms with Gasteiger partial charge in [0.2, 0.25) is 0 Å². The summed E-state index contributed by atoms with van der Waals surface area (Å²) in [7, 11) is 0. The fourth-order valence-electron chi connectivity index (χ4n) is 1.51. The number of nitriles is 1. The molecule has 0 aromatic rings. The molecule has 2 aliphatic rings. The molecule has 4 heteroatoms. The van der Waals surface area contributed by atoms with Crippen molar-refractivity contribution >= 4 is 12.2 Å². The van der Waals surface area contributed by atoms with Crippen molar-refractivity contribution in [1.29, 1.82) is 5.26 Å². The van der Waals surface area contributed by atoms with Gasteiger partial charge in [-0.3, -0.25) is 4.99 Å². The highest BCUT2D eigenvalue weighted by Crippen LogP contribution is 2.28. The number of carboxylic acids is 1. The minimum atomic E-state index is -0.992. The topological polar surface area (TPSA) is 73.5 Å². The predicted molar refractivity (Wildman–Crippen MR) is 49.8 cm³/mol. The summed E-state index contributed by atoms with van der Waals surface area (Å²) in [5.74, 6) is -0.992. The number of fused-ring (bicyclic) bond motifs is 1. The molecule has 0 aromatic carbocycles. The molecular formula is C10H6N2O2. The molecule has 1 heterocycles. The maximum atomic E-state index is 10.8. The highest BCUT2D eigenvalue weighted by Gasteiger charge is 2.29. The van der Waals surface area contributed by atoms with Gasteiger partial charge in [0.25, 0.3) is 0 Å². The molecule has 1 atom stereocenters. The Labute approximate surface area is 80.2 Å². The van der Waals surface area contributed by atoms with Gasteiger partial charge >= 0.3 is 5.97 Å². The third-order valence-electron chi connectivity index (χ3n) is 2.17. The average molecular weight is 186 g/mol. The van der Waals surface area contributed by atoms with Crippen LogP contribution in [0.3, 0.4) is 0 Å². The first-order valence-electron chi connectivity index (χ1n) is 4.03. The number of hydrogen-bond donors (Lipinski definition) is 1. The molecule has 0 radical (unpaired) electrons. The Morgan fingerprint density at radius 2 is 2.43 bits per heavy atom. The van der Waals surface area contributed by atoms with Crippen LogP contribution in [0.25, 0.3) is 0 Å². The first kappa shape index (κ1) is 8.45. The first-order valence-corrected chi connectivity index (χ1v) is 4.03. The second-order valence-electron chi connectivity index (χ2n) is 2.95. The van der Waals surface area contributed by atoms with Gasteiger partial charge in [0.1, 0.15) is 12.1 Å². The molecule has 68 valence electrons. The van der Waals surface area contributed by atoms with E-state index in [1.807, 2.05) is 6.07 Å². The minimum Gasteiger partial charge on any atom is -0.478 e. The van der Waals surface area contributed by atoms with Gasteiger partial charge in [-0.2, -0.15) is 5.26 Å². The zero-order valence-corrected chi connectivity index (χ0v) is 7.14. The minimum absolute atomic E-state index is 0.212. The zero-order valence-electron chi connectivity index (χ0n) is 7.14. The Bertz CT molecular complexity index is 461. The number of carbonyl (C=O) groups is 1. The Morgan fingerprint density at radius 1 is 1.64 bits per heavy atom. The SMILES string of the molecule is N#CC1=C2C=CC=C(C(=O)O)[C@@H]2N=C1. The van der Waals surface area contributed by atoms with E-state index < -0.39 is 12.0 Å². The molecule has 0 saturated carbocycles. The van der Waals surface area contributed by atoms with Gasteiger partial charge in [0.15, 0.2) is 0 Å². The predicted octanol–water partition coefficient (Wildman–Crippen LogP) is 0.840. The molecule has 0 fully saturated rings. The van der Waals surface area contributed by atoms with Crippen molar-refractivity contribution in [3.8, 4) is 6.07 Å². The number of nitrogens with zero attached hydrogens (tertiary/aromatic N) is 2. The summed E-state index contributed by atoms with van der Waals surface area (Å²) in [6.07, 6.45) is 6.28. The Hall–Kier alpha value is -2.15. The van der Waals surface area contributed by atoms with Crippen LogP contribution in [0.2, 0.25) is 0 Å². The van der Waals surface area contributed by atoms with Gasteiger partial charge < -0.3 is 5.11 Å². The first-order chi connectivity index (χ1) is 6.74. The number of carboxylic acid groups (broad SMARTS) is 1. The lowest BCUT2D eigenvalue weighted by atomic mass is 9.93. The summed E-state index contributed by atoms with van der Waals surface area (Å²) in [6.45, 7) is 0. The van der Waals surface area contributed by atoms with Gasteiger partial charge in [0.05, 0.1) is 11.1 Å². The number of aliphatic imine (C=N–C) groups is 1. The normalized spacial score (nSPS) is 23.1. The van der Waals surface area contributed by atoms with Crippen molar-refractivity contribution in [2.24, 2.45) is 4.99 Å². The van der Waals surface area contributed by atoms with Crippen LogP contribution in [0.1, 0.15) is 0 Å². The third kappa shape index (κ3) is 1.07. The van der Waals surface area contributed by atoms with Gasteiger partial charge in [-0.25, -0.2) is 4.79 Å². The summed E-state index contributed by atoms with van der Waals surface area (Å²) in [5, 5.41) is 17.6. The van der Waals surface area contributed by atoms with E-state index in [2.05, 4.69) is 4.99 Å². The van der Waals surface area contributed by atoms with E-state index in [0.29, 0.717) is 11.1 Å². The third-order valence-corrected chi connectivity index (χ3v) is 2.17. The monoisotopic (exact) mass is 186 g/mol. The molecule has 0 saturated heterocycles. The molecule has 0 aromatic heterocycles. The quantitative estimate of drug-likeness (QED) is 0.659. The fourth-order valence-corrected chi connectivity index (χ4v) is 1.51. The molecule has 0 unspecified atom stereocenters. The van der Waals surface area contributed by atoms with Gasteiger partial charge in [0, 0.05) is 11.8 Å². The lowest BCUT2D eigenvalue weighted by molar-refractivity contribution is -0.132. The van der Waals surface area contributed by atoms with E-state index in [-0.39, 0.29) is 5.57 Å². The van der Waals surface area contributed by atoms with Crippen molar-refractivity contribution < 1.29 is 9.90 Å². The van der Waals surface area contributed by atoms with E-state index in [0.717, 1.165) is 0 Å². The van der Waals surface area contributed by atoms with Crippen LogP contribution in [0.5, 0.6) is 0 Å². The summed E-state index contributed by atoms with van der Waals surface area (Å²) in [5.41, 5.74) is 1.33. The van der Waals surface area contributed by atoms with Crippen LogP contribution in [0.15, 0.2) is 39.9 Å². The second kappa shape index (κ2) is 2.96. The molecule has 0 bridgehead atoms. The number of rotatable bonds is 1. The lowest BCUT2D eigenvalue weighted by Gasteiger charge is -2.13. The summed E-state index contributed by atoms with van der Waals surface area (Å²) >= 11 is 0. The van der Waals surface area contributed by atoms with E-state index in [4.69, 9.17) is 10.4 Å². The Kier molecular flexibility index (Phi) is 1.79. The standard InChI is InChI=1S/C10H6N2O2/c11-4-6-5-12-9-7(6)2-1-3-8(9)10(13)14/h1-3,5,9H,(H,13,14)/t9-/m1/s1. The van der Waals surface area contributed by atoms with E-state index in [1.165, 1.54) is 12.3 Å².